The van der Waals surface area contributed by atoms with Gasteiger partial charge in [0.15, 0.2) is 5.54 Å². The van der Waals surface area contributed by atoms with Gasteiger partial charge in [-0.25, -0.2) is 4.98 Å². The van der Waals surface area contributed by atoms with Gasteiger partial charge in [0.1, 0.15) is 0 Å². The van der Waals surface area contributed by atoms with E-state index in [-0.39, 0.29) is 6.54 Å². The summed E-state index contributed by atoms with van der Waals surface area (Å²) in [5.41, 5.74) is 2.08. The fourth-order valence-electron chi connectivity index (χ4n) is 0.967. The second-order valence-electron chi connectivity index (χ2n) is 3.73. The van der Waals surface area contributed by atoms with Crippen LogP contribution in [0.5, 0.6) is 0 Å². The van der Waals surface area contributed by atoms with Gasteiger partial charge in [-0.1, -0.05) is 0 Å². The third-order valence-electron chi connectivity index (χ3n) is 2.15. The standard InChI is InChI=1S/C9H12F3N3OS/c1-5-14-3-6(17-5)4-15-7(16)8(2,13)9(10,11)12/h3H,4,13H2,1-2H3,(H,15,16). The Balaban J connectivity index is 2.61. The molecule has 96 valence electrons. The molecule has 3 N–H and O–H groups in total. The first-order valence-corrected chi connectivity index (χ1v) is 5.51. The number of alkyl halides is 3. The van der Waals surface area contributed by atoms with Gasteiger partial charge in [0.25, 0.3) is 0 Å². The number of rotatable bonds is 3. The van der Waals surface area contributed by atoms with Crippen molar-refractivity contribution in [1.82, 2.24) is 10.3 Å². The first-order chi connectivity index (χ1) is 7.64. The van der Waals surface area contributed by atoms with Gasteiger partial charge >= 0.3 is 6.18 Å². The van der Waals surface area contributed by atoms with Gasteiger partial charge in [0.05, 0.1) is 11.6 Å². The lowest BCUT2D eigenvalue weighted by Crippen LogP contribution is -2.61. The van der Waals surface area contributed by atoms with Crippen molar-refractivity contribution in [2.75, 3.05) is 0 Å². The first-order valence-electron chi connectivity index (χ1n) is 4.70. The summed E-state index contributed by atoms with van der Waals surface area (Å²) in [5, 5.41) is 2.92. The monoisotopic (exact) mass is 267 g/mol. The third-order valence-corrected chi connectivity index (χ3v) is 3.07. The average molecular weight is 267 g/mol. The number of nitrogens with one attached hydrogen (secondary N) is 1. The SMILES string of the molecule is Cc1ncc(CNC(=O)C(C)(N)C(F)(F)F)s1. The lowest BCUT2D eigenvalue weighted by atomic mass is 10.0. The number of aromatic nitrogens is 1. The second-order valence-corrected chi connectivity index (χ2v) is 5.05. The number of thiazole rings is 1. The molecule has 8 heteroatoms. The molecule has 1 aromatic rings. The molecule has 4 nitrogen and oxygen atoms in total. The molecule has 0 aromatic carbocycles. The molecule has 1 amide bonds. The Morgan fingerprint density at radius 2 is 2.18 bits per heavy atom. The summed E-state index contributed by atoms with van der Waals surface area (Å²) < 4.78 is 37.3. The van der Waals surface area contributed by atoms with Crippen LogP contribution < -0.4 is 11.1 Å². The van der Waals surface area contributed by atoms with Crippen molar-refractivity contribution in [3.8, 4) is 0 Å². The molecule has 0 aliphatic carbocycles. The molecule has 1 unspecified atom stereocenters. The summed E-state index contributed by atoms with van der Waals surface area (Å²) in [6.07, 6.45) is -3.28. The predicted octanol–water partition coefficient (Wildman–Crippen LogP) is 1.35. The fraction of sp³-hybridized carbons (Fsp3) is 0.556. The van der Waals surface area contributed by atoms with Crippen LogP contribution in [0.1, 0.15) is 16.8 Å². The Morgan fingerprint density at radius 3 is 2.59 bits per heavy atom. The Hall–Kier alpha value is -1.15. The van der Waals surface area contributed by atoms with Crippen molar-refractivity contribution in [2.24, 2.45) is 5.73 Å². The second kappa shape index (κ2) is 4.61. The van der Waals surface area contributed by atoms with E-state index in [4.69, 9.17) is 5.73 Å². The van der Waals surface area contributed by atoms with Crippen molar-refractivity contribution in [3.05, 3.63) is 16.1 Å². The Kier molecular flexibility index (Phi) is 3.78. The summed E-state index contributed by atoms with van der Waals surface area (Å²) in [5.74, 6) is -1.25. The normalized spacial score (nSPS) is 15.4. The molecule has 1 atom stereocenters. The molecule has 1 rings (SSSR count). The first kappa shape index (κ1) is 13.9. The van der Waals surface area contributed by atoms with E-state index >= 15 is 0 Å². The van der Waals surface area contributed by atoms with Crippen LogP contribution in [-0.2, 0) is 11.3 Å². The van der Waals surface area contributed by atoms with Gasteiger partial charge in [-0.15, -0.1) is 11.3 Å². The van der Waals surface area contributed by atoms with Crippen molar-refractivity contribution in [1.29, 1.82) is 0 Å². The smallest absolute Gasteiger partial charge is 0.349 e. The van der Waals surface area contributed by atoms with Crippen LogP contribution in [0.4, 0.5) is 13.2 Å². The van der Waals surface area contributed by atoms with Crippen LogP contribution in [0.3, 0.4) is 0 Å². The molecule has 17 heavy (non-hydrogen) atoms. The van der Waals surface area contributed by atoms with E-state index in [1.54, 1.807) is 6.92 Å². The van der Waals surface area contributed by atoms with E-state index in [0.29, 0.717) is 11.8 Å². The average Bonchev–Trinajstić information content (AvgIpc) is 2.58. The maximum atomic E-state index is 12.4. The van der Waals surface area contributed by atoms with E-state index in [1.165, 1.54) is 17.5 Å². The van der Waals surface area contributed by atoms with Crippen LogP contribution >= 0.6 is 11.3 Å². The van der Waals surface area contributed by atoms with E-state index in [9.17, 15) is 18.0 Å². The number of amides is 1. The van der Waals surface area contributed by atoms with E-state index in [0.717, 1.165) is 5.01 Å². The minimum atomic E-state index is -4.78. The molecule has 0 saturated carbocycles. The molecule has 0 aliphatic rings. The van der Waals surface area contributed by atoms with Gasteiger partial charge in [-0.3, -0.25) is 4.79 Å². The van der Waals surface area contributed by atoms with Crippen molar-refractivity contribution >= 4 is 17.2 Å². The Bertz CT molecular complexity index is 414. The number of carbonyl (C=O) groups excluding carboxylic acids is 1. The van der Waals surface area contributed by atoms with E-state index in [1.807, 2.05) is 0 Å². The van der Waals surface area contributed by atoms with Crippen LogP contribution in [0.2, 0.25) is 0 Å². The minimum Gasteiger partial charge on any atom is -0.349 e. The molecular formula is C9H12F3N3OS. The van der Waals surface area contributed by atoms with Crippen LogP contribution in [0.25, 0.3) is 0 Å². The lowest BCUT2D eigenvalue weighted by molar-refractivity contribution is -0.187. The van der Waals surface area contributed by atoms with Crippen LogP contribution in [0.15, 0.2) is 6.20 Å². The van der Waals surface area contributed by atoms with Gasteiger partial charge in [-0.05, 0) is 13.8 Å². The highest BCUT2D eigenvalue weighted by Crippen LogP contribution is 2.28. The number of carbonyl (C=O) groups is 1. The molecule has 0 fully saturated rings. The highest BCUT2D eigenvalue weighted by atomic mass is 32.1. The quantitative estimate of drug-likeness (QED) is 0.868. The summed E-state index contributed by atoms with van der Waals surface area (Å²) in [7, 11) is 0. The maximum absolute atomic E-state index is 12.4. The summed E-state index contributed by atoms with van der Waals surface area (Å²) in [6.45, 7) is 2.40. The topological polar surface area (TPSA) is 68.0 Å². The van der Waals surface area contributed by atoms with Crippen LogP contribution in [0, 0.1) is 6.92 Å². The molecule has 0 saturated heterocycles. The minimum absolute atomic E-state index is 0.00674. The van der Waals surface area contributed by atoms with Crippen LogP contribution in [-0.4, -0.2) is 22.6 Å². The number of halogens is 3. The number of hydrogen-bond acceptors (Lipinski definition) is 4. The largest absolute Gasteiger partial charge is 0.415 e. The number of aryl methyl sites for hydroxylation is 1. The van der Waals surface area contributed by atoms with E-state index < -0.39 is 17.6 Å². The number of nitrogens with two attached hydrogens (primary N) is 1. The highest BCUT2D eigenvalue weighted by molar-refractivity contribution is 7.11. The highest BCUT2D eigenvalue weighted by Gasteiger charge is 2.53. The zero-order valence-corrected chi connectivity index (χ0v) is 10.1. The fourth-order valence-corrected chi connectivity index (χ4v) is 1.70. The molecular weight excluding hydrogens is 255 g/mol. The predicted molar refractivity (Wildman–Crippen MR) is 57.3 cm³/mol. The van der Waals surface area contributed by atoms with Gasteiger partial charge < -0.3 is 11.1 Å². The molecule has 0 bridgehead atoms. The zero-order valence-electron chi connectivity index (χ0n) is 9.26. The van der Waals surface area contributed by atoms with E-state index in [2.05, 4.69) is 10.3 Å². The molecule has 0 radical (unpaired) electrons. The Labute approximate surface area is 100 Å². The maximum Gasteiger partial charge on any atom is 0.415 e. The summed E-state index contributed by atoms with van der Waals surface area (Å²) in [4.78, 5) is 15.9. The summed E-state index contributed by atoms with van der Waals surface area (Å²) in [6, 6.07) is 0. The lowest BCUT2D eigenvalue weighted by Gasteiger charge is -2.25. The Morgan fingerprint density at radius 1 is 1.59 bits per heavy atom. The molecule has 1 heterocycles. The van der Waals surface area contributed by atoms with Crippen molar-refractivity contribution in [2.45, 2.75) is 32.1 Å². The van der Waals surface area contributed by atoms with Crippen molar-refractivity contribution < 1.29 is 18.0 Å². The number of nitrogens with zero attached hydrogens (tertiary/aromatic N) is 1. The third kappa shape index (κ3) is 3.16. The zero-order chi connectivity index (χ0) is 13.3. The molecule has 1 aromatic heterocycles. The molecule has 0 spiro atoms. The number of hydrogen-bond donors (Lipinski definition) is 2. The van der Waals surface area contributed by atoms with Gasteiger partial charge in [0, 0.05) is 11.1 Å². The van der Waals surface area contributed by atoms with Crippen molar-refractivity contribution in [3.63, 3.8) is 0 Å². The van der Waals surface area contributed by atoms with Gasteiger partial charge in [-0.2, -0.15) is 13.2 Å². The van der Waals surface area contributed by atoms with Gasteiger partial charge in [0.2, 0.25) is 5.91 Å². The summed E-state index contributed by atoms with van der Waals surface area (Å²) >= 11 is 1.30. The molecule has 0 aliphatic heterocycles.